The number of aromatic nitrogens is 1. The highest BCUT2D eigenvalue weighted by atomic mass is 16.5. The number of hydrogen-bond acceptors (Lipinski definition) is 4. The van der Waals surface area contributed by atoms with Gasteiger partial charge in [-0.15, -0.1) is 0 Å². The summed E-state index contributed by atoms with van der Waals surface area (Å²) in [6.07, 6.45) is 1.95. The number of nitrogens with one attached hydrogen (secondary N) is 1. The molecule has 1 aromatic carbocycles. The quantitative estimate of drug-likeness (QED) is 0.843. The molecule has 3 heterocycles. The summed E-state index contributed by atoms with van der Waals surface area (Å²) < 4.78 is 11.0. The Kier molecular flexibility index (Phi) is 2.55. The van der Waals surface area contributed by atoms with Crippen LogP contribution in [0, 0.1) is 0 Å². The van der Waals surface area contributed by atoms with Crippen molar-refractivity contribution >= 4 is 10.9 Å². The van der Waals surface area contributed by atoms with Crippen molar-refractivity contribution < 1.29 is 9.47 Å². The molecule has 2 aromatic rings. The smallest absolute Gasteiger partial charge is 0.0895 e. The Hall–Kier alpha value is -1.49. The maximum atomic E-state index is 5.74. The molecule has 4 nitrogen and oxygen atoms in total. The lowest BCUT2D eigenvalue weighted by atomic mass is 9.93. The second-order valence-corrected chi connectivity index (χ2v) is 5.45. The second-order valence-electron chi connectivity index (χ2n) is 5.45. The van der Waals surface area contributed by atoms with Gasteiger partial charge in [-0.3, -0.25) is 10.3 Å². The summed E-state index contributed by atoms with van der Waals surface area (Å²) in [6, 6.07) is 10.6. The normalized spacial score (nSPS) is 25.4. The van der Waals surface area contributed by atoms with E-state index in [4.69, 9.17) is 9.47 Å². The van der Waals surface area contributed by atoms with Crippen LogP contribution in [0.3, 0.4) is 0 Å². The number of morpholine rings is 1. The van der Waals surface area contributed by atoms with Gasteiger partial charge >= 0.3 is 0 Å². The monoisotopic (exact) mass is 256 g/mol. The fraction of sp³-hybridized carbons (Fsp3) is 0.400. The lowest BCUT2D eigenvalue weighted by Gasteiger charge is -2.47. The van der Waals surface area contributed by atoms with Crippen molar-refractivity contribution in [2.45, 2.75) is 11.6 Å². The van der Waals surface area contributed by atoms with E-state index in [-0.39, 0.29) is 11.6 Å². The van der Waals surface area contributed by atoms with Crippen LogP contribution in [0.1, 0.15) is 11.6 Å². The van der Waals surface area contributed by atoms with E-state index < -0.39 is 0 Å². The van der Waals surface area contributed by atoms with Crippen molar-refractivity contribution in [3.05, 3.63) is 42.1 Å². The first kappa shape index (κ1) is 11.3. The number of rotatable bonds is 1. The minimum Gasteiger partial charge on any atom is -0.377 e. The first-order valence-corrected chi connectivity index (χ1v) is 6.63. The lowest BCUT2D eigenvalue weighted by Crippen LogP contribution is -2.67. The molecule has 0 aliphatic carbocycles. The van der Waals surface area contributed by atoms with Crippen LogP contribution in [0.25, 0.3) is 10.9 Å². The first-order chi connectivity index (χ1) is 9.35. The number of ether oxygens (including phenoxy) is 2. The molecule has 4 rings (SSSR count). The highest BCUT2D eigenvalue weighted by Gasteiger charge is 2.43. The molecule has 1 N–H and O–H groups in total. The maximum Gasteiger partial charge on any atom is 0.0895 e. The van der Waals surface area contributed by atoms with Crippen LogP contribution < -0.4 is 5.32 Å². The third kappa shape index (κ3) is 1.92. The summed E-state index contributed by atoms with van der Waals surface area (Å²) in [5, 5.41) is 4.83. The standard InChI is InChI=1S/C15H16N2O2/c1-2-4-13-11(3-1)5-12(6-16-13)14-7-18-8-15(17-14)9-19-10-15/h1-6,14,17H,7-10H2/t14-/m0/s1. The van der Waals surface area contributed by atoms with Gasteiger partial charge in [-0.25, -0.2) is 0 Å². The van der Waals surface area contributed by atoms with E-state index in [0.29, 0.717) is 6.61 Å². The topological polar surface area (TPSA) is 43.4 Å². The van der Waals surface area contributed by atoms with Gasteiger partial charge in [0.25, 0.3) is 0 Å². The molecule has 4 heteroatoms. The van der Waals surface area contributed by atoms with Crippen LogP contribution in [0.4, 0.5) is 0 Å². The molecule has 19 heavy (non-hydrogen) atoms. The SMILES string of the molecule is c1ccc2ncc([C@@H]3COCC4(COC4)N3)cc2c1. The fourth-order valence-corrected chi connectivity index (χ4v) is 2.80. The molecule has 0 radical (unpaired) electrons. The third-order valence-corrected chi connectivity index (χ3v) is 3.91. The molecule has 0 bridgehead atoms. The minimum absolute atomic E-state index is 0.0224. The molecular weight excluding hydrogens is 240 g/mol. The highest BCUT2D eigenvalue weighted by Crippen LogP contribution is 2.28. The summed E-state index contributed by atoms with van der Waals surface area (Å²) in [7, 11) is 0. The molecular formula is C15H16N2O2. The molecule has 2 aliphatic heterocycles. The van der Waals surface area contributed by atoms with Crippen LogP contribution in [0.2, 0.25) is 0 Å². The predicted molar refractivity (Wildman–Crippen MR) is 72.0 cm³/mol. The lowest BCUT2D eigenvalue weighted by molar-refractivity contribution is -0.143. The summed E-state index contributed by atoms with van der Waals surface area (Å²) >= 11 is 0. The maximum absolute atomic E-state index is 5.74. The Labute approximate surface area is 111 Å². The third-order valence-electron chi connectivity index (χ3n) is 3.91. The second kappa shape index (κ2) is 4.27. The van der Waals surface area contributed by atoms with E-state index in [2.05, 4.69) is 22.4 Å². The average molecular weight is 256 g/mol. The van der Waals surface area contributed by atoms with Crippen molar-refractivity contribution in [1.82, 2.24) is 10.3 Å². The summed E-state index contributed by atoms with van der Waals surface area (Å²) in [6.45, 7) is 2.92. The molecule has 1 aromatic heterocycles. The molecule has 0 unspecified atom stereocenters. The molecule has 0 saturated carbocycles. The Bertz CT molecular complexity index is 610. The molecule has 98 valence electrons. The van der Waals surface area contributed by atoms with Crippen molar-refractivity contribution in [3.63, 3.8) is 0 Å². The Morgan fingerprint density at radius 1 is 1.16 bits per heavy atom. The van der Waals surface area contributed by atoms with E-state index in [0.717, 1.165) is 25.3 Å². The zero-order valence-electron chi connectivity index (χ0n) is 10.6. The van der Waals surface area contributed by atoms with Crippen LogP contribution >= 0.6 is 0 Å². The van der Waals surface area contributed by atoms with Crippen LogP contribution in [0.15, 0.2) is 36.5 Å². The van der Waals surface area contributed by atoms with E-state index >= 15 is 0 Å². The molecule has 2 fully saturated rings. The van der Waals surface area contributed by atoms with Gasteiger partial charge in [0.1, 0.15) is 0 Å². The van der Waals surface area contributed by atoms with E-state index in [1.807, 2.05) is 24.4 Å². The van der Waals surface area contributed by atoms with Crippen LogP contribution in [-0.2, 0) is 9.47 Å². The number of fused-ring (bicyclic) bond motifs is 1. The largest absolute Gasteiger partial charge is 0.377 e. The zero-order valence-corrected chi connectivity index (χ0v) is 10.6. The van der Waals surface area contributed by atoms with Crippen molar-refractivity contribution in [2.75, 3.05) is 26.4 Å². The summed E-state index contributed by atoms with van der Waals surface area (Å²) in [4.78, 5) is 4.52. The zero-order chi connectivity index (χ0) is 12.7. The first-order valence-electron chi connectivity index (χ1n) is 6.63. The summed E-state index contributed by atoms with van der Waals surface area (Å²) in [5.74, 6) is 0. The fourth-order valence-electron chi connectivity index (χ4n) is 2.80. The van der Waals surface area contributed by atoms with Crippen molar-refractivity contribution in [2.24, 2.45) is 0 Å². The van der Waals surface area contributed by atoms with E-state index in [1.54, 1.807) is 0 Å². The Morgan fingerprint density at radius 2 is 2.00 bits per heavy atom. The molecule has 2 saturated heterocycles. The minimum atomic E-state index is 0.0224. The van der Waals surface area contributed by atoms with Gasteiger partial charge < -0.3 is 9.47 Å². The number of benzene rings is 1. The van der Waals surface area contributed by atoms with Crippen molar-refractivity contribution in [1.29, 1.82) is 0 Å². The average Bonchev–Trinajstić information content (AvgIpc) is 2.45. The van der Waals surface area contributed by atoms with Crippen LogP contribution in [0.5, 0.6) is 0 Å². The molecule has 2 aliphatic rings. The number of para-hydroxylation sites is 1. The van der Waals surface area contributed by atoms with Gasteiger partial charge in [-0.05, 0) is 17.7 Å². The molecule has 1 spiro atoms. The molecule has 0 amide bonds. The van der Waals surface area contributed by atoms with E-state index in [9.17, 15) is 0 Å². The Morgan fingerprint density at radius 3 is 2.84 bits per heavy atom. The van der Waals surface area contributed by atoms with Gasteiger partial charge in [0.15, 0.2) is 0 Å². The van der Waals surface area contributed by atoms with Gasteiger partial charge in [0, 0.05) is 11.6 Å². The van der Waals surface area contributed by atoms with Gasteiger partial charge in [-0.2, -0.15) is 0 Å². The Balaban J connectivity index is 1.66. The predicted octanol–water partition coefficient (Wildman–Crippen LogP) is 1.66. The van der Waals surface area contributed by atoms with Crippen LogP contribution in [-0.4, -0.2) is 37.0 Å². The number of pyridine rings is 1. The van der Waals surface area contributed by atoms with Gasteiger partial charge in [0.2, 0.25) is 0 Å². The van der Waals surface area contributed by atoms with Gasteiger partial charge in [0.05, 0.1) is 43.5 Å². The molecule has 1 atom stereocenters. The highest BCUT2D eigenvalue weighted by molar-refractivity contribution is 5.78. The van der Waals surface area contributed by atoms with E-state index in [1.165, 1.54) is 10.9 Å². The van der Waals surface area contributed by atoms with Gasteiger partial charge in [-0.1, -0.05) is 18.2 Å². The van der Waals surface area contributed by atoms with Crippen molar-refractivity contribution in [3.8, 4) is 0 Å². The summed E-state index contributed by atoms with van der Waals surface area (Å²) in [5.41, 5.74) is 2.24. The number of hydrogen-bond donors (Lipinski definition) is 1. The number of nitrogens with zero attached hydrogens (tertiary/aromatic N) is 1.